The molecular formula is C19H25N3O3. The number of H-pyrrole nitrogens is 1. The number of carbonyl (C=O) groups excluding carboxylic acids is 2. The topological polar surface area (TPSA) is 84.1 Å². The molecule has 0 saturated carbocycles. The molecule has 0 radical (unpaired) electrons. The number of aromatic nitrogens is 2. The van der Waals surface area contributed by atoms with Gasteiger partial charge in [0.05, 0.1) is 19.4 Å². The summed E-state index contributed by atoms with van der Waals surface area (Å²) in [4.78, 5) is 31.5. The minimum atomic E-state index is -0.737. The van der Waals surface area contributed by atoms with Crippen molar-refractivity contribution in [1.29, 1.82) is 0 Å². The zero-order valence-corrected chi connectivity index (χ0v) is 15.2. The number of aryl methyl sites for hydroxylation is 3. The summed E-state index contributed by atoms with van der Waals surface area (Å²) in [5.41, 5.74) is 5.08. The van der Waals surface area contributed by atoms with E-state index in [0.717, 1.165) is 22.4 Å². The van der Waals surface area contributed by atoms with Gasteiger partial charge in [0.15, 0.2) is 0 Å². The molecule has 0 bridgehead atoms. The molecular weight excluding hydrogens is 318 g/mol. The summed E-state index contributed by atoms with van der Waals surface area (Å²) >= 11 is 0. The van der Waals surface area contributed by atoms with Crippen LogP contribution in [0.3, 0.4) is 0 Å². The van der Waals surface area contributed by atoms with Crippen molar-refractivity contribution in [3.05, 3.63) is 52.6 Å². The summed E-state index contributed by atoms with van der Waals surface area (Å²) < 4.78 is 5.08. The van der Waals surface area contributed by atoms with E-state index in [0.29, 0.717) is 6.42 Å². The van der Waals surface area contributed by atoms with Crippen LogP contribution < -0.4 is 5.32 Å². The molecule has 0 saturated heterocycles. The van der Waals surface area contributed by atoms with Crippen molar-refractivity contribution in [3.63, 3.8) is 0 Å². The first-order chi connectivity index (χ1) is 11.9. The van der Waals surface area contributed by atoms with Crippen molar-refractivity contribution >= 4 is 11.9 Å². The minimum Gasteiger partial charge on any atom is -0.464 e. The summed E-state index contributed by atoms with van der Waals surface area (Å²) in [5.74, 6) is -0.643. The Hall–Kier alpha value is -2.63. The molecule has 2 aromatic rings. The molecule has 0 unspecified atom stereocenters. The van der Waals surface area contributed by atoms with Crippen LogP contribution in [0.25, 0.3) is 0 Å². The van der Waals surface area contributed by atoms with Crippen LogP contribution in [0.5, 0.6) is 0 Å². The first kappa shape index (κ1) is 18.7. The summed E-state index contributed by atoms with van der Waals surface area (Å²) in [6.45, 7) is 8.04. The van der Waals surface area contributed by atoms with Gasteiger partial charge in [-0.25, -0.2) is 9.78 Å². The quantitative estimate of drug-likeness (QED) is 0.755. The molecule has 0 aliphatic heterocycles. The van der Waals surface area contributed by atoms with Gasteiger partial charge in [-0.15, -0.1) is 0 Å². The van der Waals surface area contributed by atoms with Gasteiger partial charge in [0.1, 0.15) is 6.04 Å². The number of benzene rings is 1. The Morgan fingerprint density at radius 2 is 1.92 bits per heavy atom. The molecule has 25 heavy (non-hydrogen) atoms. The zero-order chi connectivity index (χ0) is 18.4. The molecule has 6 nitrogen and oxygen atoms in total. The highest BCUT2D eigenvalue weighted by molar-refractivity contribution is 5.86. The molecule has 6 heteroatoms. The van der Waals surface area contributed by atoms with Crippen molar-refractivity contribution in [2.45, 2.75) is 46.6 Å². The Labute approximate surface area is 148 Å². The van der Waals surface area contributed by atoms with Crippen molar-refractivity contribution in [3.8, 4) is 0 Å². The smallest absolute Gasteiger partial charge is 0.329 e. The predicted molar refractivity (Wildman–Crippen MR) is 95.2 cm³/mol. The molecule has 1 heterocycles. The maximum absolute atomic E-state index is 12.5. The summed E-state index contributed by atoms with van der Waals surface area (Å²) in [7, 11) is 0. The lowest BCUT2D eigenvalue weighted by Crippen LogP contribution is -2.44. The lowest BCUT2D eigenvalue weighted by atomic mass is 9.97. The molecule has 2 rings (SSSR count). The van der Waals surface area contributed by atoms with Gasteiger partial charge in [-0.3, -0.25) is 4.79 Å². The van der Waals surface area contributed by atoms with E-state index < -0.39 is 12.0 Å². The molecule has 0 spiro atoms. The average Bonchev–Trinajstić information content (AvgIpc) is 3.03. The standard InChI is InChI=1S/C19H25N3O3/c1-5-25-19(24)17(8-15-10-20-11-21-15)22-18(23)9-16-13(3)6-12(2)7-14(16)4/h6-7,10-11,17H,5,8-9H2,1-4H3,(H,20,21)(H,22,23)/t17-/m0/s1. The Morgan fingerprint density at radius 3 is 2.48 bits per heavy atom. The molecule has 134 valence electrons. The Bertz CT molecular complexity index is 715. The fourth-order valence-corrected chi connectivity index (χ4v) is 2.95. The Morgan fingerprint density at radius 1 is 1.24 bits per heavy atom. The Kier molecular flexibility index (Phi) is 6.33. The van der Waals surface area contributed by atoms with E-state index in [1.807, 2.05) is 20.8 Å². The number of imidazole rings is 1. The van der Waals surface area contributed by atoms with Crippen LogP contribution in [-0.4, -0.2) is 34.5 Å². The second kappa shape index (κ2) is 8.46. The van der Waals surface area contributed by atoms with Crippen molar-refractivity contribution in [1.82, 2.24) is 15.3 Å². The number of aromatic amines is 1. The van der Waals surface area contributed by atoms with Crippen LogP contribution in [0.1, 0.15) is 34.9 Å². The van der Waals surface area contributed by atoms with Gasteiger partial charge in [-0.2, -0.15) is 0 Å². The largest absolute Gasteiger partial charge is 0.464 e. The van der Waals surface area contributed by atoms with Gasteiger partial charge in [-0.05, 0) is 44.4 Å². The first-order valence-corrected chi connectivity index (χ1v) is 8.40. The highest BCUT2D eigenvalue weighted by Crippen LogP contribution is 2.17. The highest BCUT2D eigenvalue weighted by Gasteiger charge is 2.23. The normalized spacial score (nSPS) is 11.8. The van der Waals surface area contributed by atoms with Crippen LogP contribution in [-0.2, 0) is 27.2 Å². The van der Waals surface area contributed by atoms with Gasteiger partial charge < -0.3 is 15.0 Å². The molecule has 1 amide bonds. The third-order valence-corrected chi connectivity index (χ3v) is 4.06. The average molecular weight is 343 g/mol. The number of nitrogens with one attached hydrogen (secondary N) is 2. The van der Waals surface area contributed by atoms with Crippen molar-refractivity contribution < 1.29 is 14.3 Å². The number of carbonyl (C=O) groups is 2. The molecule has 1 aromatic heterocycles. The minimum absolute atomic E-state index is 0.201. The van der Waals surface area contributed by atoms with E-state index in [9.17, 15) is 9.59 Å². The van der Waals surface area contributed by atoms with Crippen LogP contribution in [0.4, 0.5) is 0 Å². The van der Waals surface area contributed by atoms with Crippen LogP contribution in [0, 0.1) is 20.8 Å². The predicted octanol–water partition coefficient (Wildman–Crippen LogP) is 2.17. The molecule has 1 aromatic carbocycles. The third kappa shape index (κ3) is 5.17. The van der Waals surface area contributed by atoms with Crippen molar-refractivity contribution in [2.24, 2.45) is 0 Å². The molecule has 0 fully saturated rings. The maximum atomic E-state index is 12.5. The summed E-state index contributed by atoms with van der Waals surface area (Å²) in [6, 6.07) is 3.38. The number of ether oxygens (including phenoxy) is 1. The zero-order valence-electron chi connectivity index (χ0n) is 15.2. The second-order valence-corrected chi connectivity index (χ2v) is 6.21. The van der Waals surface area contributed by atoms with Gasteiger partial charge in [0.25, 0.3) is 0 Å². The number of rotatable bonds is 7. The highest BCUT2D eigenvalue weighted by atomic mass is 16.5. The first-order valence-electron chi connectivity index (χ1n) is 8.40. The van der Waals surface area contributed by atoms with E-state index in [1.54, 1.807) is 19.4 Å². The van der Waals surface area contributed by atoms with E-state index in [2.05, 4.69) is 27.4 Å². The number of amides is 1. The van der Waals surface area contributed by atoms with E-state index >= 15 is 0 Å². The van der Waals surface area contributed by atoms with E-state index in [4.69, 9.17) is 4.74 Å². The summed E-state index contributed by atoms with van der Waals surface area (Å²) in [6.07, 6.45) is 3.72. The number of nitrogens with zero attached hydrogens (tertiary/aromatic N) is 1. The molecule has 0 aliphatic carbocycles. The summed E-state index contributed by atoms with van der Waals surface area (Å²) in [5, 5.41) is 2.80. The molecule has 0 aliphatic rings. The fraction of sp³-hybridized carbons (Fsp3) is 0.421. The van der Waals surface area contributed by atoms with Gasteiger partial charge >= 0.3 is 5.97 Å². The van der Waals surface area contributed by atoms with Gasteiger partial charge in [-0.1, -0.05) is 17.7 Å². The Balaban J connectivity index is 2.09. The number of hydrogen-bond donors (Lipinski definition) is 2. The van der Waals surface area contributed by atoms with Crippen LogP contribution in [0.2, 0.25) is 0 Å². The van der Waals surface area contributed by atoms with Gasteiger partial charge in [0, 0.05) is 18.3 Å². The van der Waals surface area contributed by atoms with Crippen LogP contribution in [0.15, 0.2) is 24.7 Å². The SMILES string of the molecule is CCOC(=O)[C@H](Cc1cnc[nH]1)NC(=O)Cc1c(C)cc(C)cc1C. The van der Waals surface area contributed by atoms with Crippen LogP contribution >= 0.6 is 0 Å². The van der Waals surface area contributed by atoms with Gasteiger partial charge in [0.2, 0.25) is 5.91 Å². The second-order valence-electron chi connectivity index (χ2n) is 6.21. The monoisotopic (exact) mass is 343 g/mol. The van der Waals surface area contributed by atoms with E-state index in [-0.39, 0.29) is 18.9 Å². The third-order valence-electron chi connectivity index (χ3n) is 4.06. The molecule has 2 N–H and O–H groups in total. The lowest BCUT2D eigenvalue weighted by molar-refractivity contribution is -0.147. The lowest BCUT2D eigenvalue weighted by Gasteiger charge is -2.18. The van der Waals surface area contributed by atoms with E-state index in [1.165, 1.54) is 5.56 Å². The number of hydrogen-bond acceptors (Lipinski definition) is 4. The fourth-order valence-electron chi connectivity index (χ4n) is 2.95. The van der Waals surface area contributed by atoms with Crippen molar-refractivity contribution in [2.75, 3.05) is 6.61 Å². The maximum Gasteiger partial charge on any atom is 0.329 e. The number of esters is 1. The molecule has 1 atom stereocenters.